The van der Waals surface area contributed by atoms with Crippen molar-refractivity contribution in [1.29, 1.82) is 0 Å². The molecular formula is C15H24N2O. The van der Waals surface area contributed by atoms with E-state index in [1.165, 1.54) is 19.3 Å². The second-order valence-corrected chi connectivity index (χ2v) is 5.07. The molecule has 0 aliphatic carbocycles. The first-order valence-corrected chi connectivity index (χ1v) is 7.03. The monoisotopic (exact) mass is 248 g/mol. The Morgan fingerprint density at radius 1 is 1.28 bits per heavy atom. The summed E-state index contributed by atoms with van der Waals surface area (Å²) in [7, 11) is 0. The summed E-state index contributed by atoms with van der Waals surface area (Å²) in [5.74, 6) is 0.409. The van der Waals surface area contributed by atoms with Crippen LogP contribution < -0.4 is 10.2 Å². The van der Waals surface area contributed by atoms with Crippen LogP contribution in [-0.2, 0) is 0 Å². The fraction of sp³-hybridized carbons (Fsp3) is 0.600. The predicted octanol–water partition coefficient (Wildman–Crippen LogP) is 3.05. The molecule has 1 saturated heterocycles. The van der Waals surface area contributed by atoms with Crippen molar-refractivity contribution in [3.05, 3.63) is 23.8 Å². The standard InChI is InChI=1S/C15H24N2O/c1-3-16-12(2)14-8-7-13(11-15(14)18)17-9-5-4-6-10-17/h7-8,11-12,16,18H,3-6,9-10H2,1-2H3. The van der Waals surface area contributed by atoms with E-state index in [0.29, 0.717) is 5.75 Å². The Labute approximate surface area is 110 Å². The van der Waals surface area contributed by atoms with E-state index in [0.717, 1.165) is 30.9 Å². The maximum absolute atomic E-state index is 10.2. The maximum Gasteiger partial charge on any atom is 0.122 e. The van der Waals surface area contributed by atoms with Crippen molar-refractivity contribution in [2.45, 2.75) is 39.2 Å². The first kappa shape index (κ1) is 13.2. The normalized spacial score (nSPS) is 17.8. The molecule has 1 fully saturated rings. The van der Waals surface area contributed by atoms with Gasteiger partial charge in [-0.3, -0.25) is 0 Å². The third-order valence-electron chi connectivity index (χ3n) is 3.71. The molecule has 0 amide bonds. The van der Waals surface area contributed by atoms with Gasteiger partial charge in [0.1, 0.15) is 5.75 Å². The van der Waals surface area contributed by atoms with Gasteiger partial charge in [0.05, 0.1) is 0 Å². The SMILES string of the molecule is CCNC(C)c1ccc(N2CCCCC2)cc1O. The van der Waals surface area contributed by atoms with Crippen molar-refractivity contribution in [1.82, 2.24) is 5.32 Å². The molecule has 1 unspecified atom stereocenters. The number of hydrogen-bond acceptors (Lipinski definition) is 3. The number of phenolic OH excluding ortho intramolecular Hbond substituents is 1. The van der Waals surface area contributed by atoms with E-state index in [1.54, 1.807) is 0 Å². The van der Waals surface area contributed by atoms with Gasteiger partial charge in [0.25, 0.3) is 0 Å². The van der Waals surface area contributed by atoms with Crippen molar-refractivity contribution in [2.75, 3.05) is 24.5 Å². The molecule has 1 aromatic rings. The van der Waals surface area contributed by atoms with Crippen molar-refractivity contribution in [3.8, 4) is 5.75 Å². The van der Waals surface area contributed by atoms with Crippen LogP contribution in [0.25, 0.3) is 0 Å². The number of aromatic hydroxyl groups is 1. The van der Waals surface area contributed by atoms with E-state index in [9.17, 15) is 5.11 Å². The average molecular weight is 248 g/mol. The third kappa shape index (κ3) is 2.96. The van der Waals surface area contributed by atoms with Crippen LogP contribution in [-0.4, -0.2) is 24.7 Å². The molecule has 0 saturated carbocycles. The fourth-order valence-electron chi connectivity index (χ4n) is 2.66. The molecule has 2 N–H and O–H groups in total. The van der Waals surface area contributed by atoms with Gasteiger partial charge >= 0.3 is 0 Å². The Bertz CT molecular complexity index is 386. The molecule has 3 nitrogen and oxygen atoms in total. The van der Waals surface area contributed by atoms with Gasteiger partial charge in [-0.1, -0.05) is 13.0 Å². The van der Waals surface area contributed by atoms with Crippen molar-refractivity contribution < 1.29 is 5.11 Å². The van der Waals surface area contributed by atoms with Crippen molar-refractivity contribution in [3.63, 3.8) is 0 Å². The molecule has 0 bridgehead atoms. The molecule has 0 aromatic heterocycles. The number of piperidine rings is 1. The molecule has 2 rings (SSSR count). The first-order valence-electron chi connectivity index (χ1n) is 7.03. The van der Waals surface area contributed by atoms with Crippen LogP contribution in [0, 0.1) is 0 Å². The number of nitrogens with one attached hydrogen (secondary N) is 1. The molecular weight excluding hydrogens is 224 g/mol. The predicted molar refractivity (Wildman–Crippen MR) is 76.3 cm³/mol. The Hall–Kier alpha value is -1.22. The minimum atomic E-state index is 0.199. The van der Waals surface area contributed by atoms with Gasteiger partial charge in [0.2, 0.25) is 0 Å². The largest absolute Gasteiger partial charge is 0.508 e. The average Bonchev–Trinajstić information content (AvgIpc) is 2.40. The number of rotatable bonds is 4. The fourth-order valence-corrected chi connectivity index (χ4v) is 2.66. The van der Waals surface area contributed by atoms with Crippen molar-refractivity contribution >= 4 is 5.69 Å². The Morgan fingerprint density at radius 3 is 2.61 bits per heavy atom. The topological polar surface area (TPSA) is 35.5 Å². The Balaban J connectivity index is 2.13. The molecule has 1 heterocycles. The summed E-state index contributed by atoms with van der Waals surface area (Å²) in [5.41, 5.74) is 2.14. The number of anilines is 1. The molecule has 3 heteroatoms. The second-order valence-electron chi connectivity index (χ2n) is 5.07. The first-order chi connectivity index (χ1) is 8.72. The summed E-state index contributed by atoms with van der Waals surface area (Å²) in [6.07, 6.45) is 3.85. The summed E-state index contributed by atoms with van der Waals surface area (Å²) < 4.78 is 0. The molecule has 1 aromatic carbocycles. The van der Waals surface area contributed by atoms with E-state index in [4.69, 9.17) is 0 Å². The van der Waals surface area contributed by atoms with Gasteiger partial charge in [-0.25, -0.2) is 0 Å². The quantitative estimate of drug-likeness (QED) is 0.859. The van der Waals surface area contributed by atoms with E-state index in [1.807, 2.05) is 12.1 Å². The van der Waals surface area contributed by atoms with Gasteiger partial charge in [-0.05, 0) is 38.8 Å². The number of benzene rings is 1. The lowest BCUT2D eigenvalue weighted by atomic mass is 10.0. The third-order valence-corrected chi connectivity index (χ3v) is 3.71. The maximum atomic E-state index is 10.2. The van der Waals surface area contributed by atoms with Gasteiger partial charge in [-0.2, -0.15) is 0 Å². The van der Waals surface area contributed by atoms with Crippen LogP contribution in [0.3, 0.4) is 0 Å². The van der Waals surface area contributed by atoms with E-state index >= 15 is 0 Å². The van der Waals surface area contributed by atoms with Crippen LogP contribution >= 0.6 is 0 Å². The van der Waals surface area contributed by atoms with Gasteiger partial charge in [0.15, 0.2) is 0 Å². The highest BCUT2D eigenvalue weighted by atomic mass is 16.3. The molecule has 1 atom stereocenters. The van der Waals surface area contributed by atoms with Gasteiger partial charge < -0.3 is 15.3 Å². The second kappa shape index (κ2) is 6.10. The van der Waals surface area contributed by atoms with Crippen LogP contribution in [0.15, 0.2) is 18.2 Å². The molecule has 0 radical (unpaired) electrons. The Kier molecular flexibility index (Phi) is 4.48. The highest BCUT2D eigenvalue weighted by molar-refractivity contribution is 5.54. The van der Waals surface area contributed by atoms with Crippen molar-refractivity contribution in [2.24, 2.45) is 0 Å². The van der Waals surface area contributed by atoms with Gasteiger partial charge in [-0.15, -0.1) is 0 Å². The minimum absolute atomic E-state index is 0.199. The molecule has 0 spiro atoms. The lowest BCUT2D eigenvalue weighted by Crippen LogP contribution is -2.29. The molecule has 18 heavy (non-hydrogen) atoms. The van der Waals surface area contributed by atoms with E-state index in [2.05, 4.69) is 30.1 Å². The lowest BCUT2D eigenvalue weighted by Gasteiger charge is -2.29. The number of hydrogen-bond donors (Lipinski definition) is 2. The zero-order chi connectivity index (χ0) is 13.0. The number of nitrogens with zero attached hydrogens (tertiary/aromatic N) is 1. The highest BCUT2D eigenvalue weighted by Crippen LogP contribution is 2.30. The van der Waals surface area contributed by atoms with Gasteiger partial charge in [0, 0.05) is 36.4 Å². The summed E-state index contributed by atoms with van der Waals surface area (Å²) >= 11 is 0. The molecule has 1 aliphatic heterocycles. The van der Waals surface area contributed by atoms with Crippen LogP contribution in [0.5, 0.6) is 5.75 Å². The lowest BCUT2D eigenvalue weighted by molar-refractivity contribution is 0.454. The molecule has 1 aliphatic rings. The van der Waals surface area contributed by atoms with Crippen LogP contribution in [0.1, 0.15) is 44.7 Å². The number of phenols is 1. The zero-order valence-corrected chi connectivity index (χ0v) is 11.4. The summed E-state index contributed by atoms with van der Waals surface area (Å²) in [5, 5.41) is 13.5. The molecule has 100 valence electrons. The Morgan fingerprint density at radius 2 is 2.00 bits per heavy atom. The van der Waals surface area contributed by atoms with E-state index < -0.39 is 0 Å². The smallest absolute Gasteiger partial charge is 0.122 e. The highest BCUT2D eigenvalue weighted by Gasteiger charge is 2.14. The minimum Gasteiger partial charge on any atom is -0.508 e. The summed E-state index contributed by atoms with van der Waals surface area (Å²) in [6.45, 7) is 7.30. The van der Waals surface area contributed by atoms with Crippen LogP contribution in [0.2, 0.25) is 0 Å². The zero-order valence-electron chi connectivity index (χ0n) is 11.4. The summed E-state index contributed by atoms with van der Waals surface area (Å²) in [4.78, 5) is 2.37. The summed E-state index contributed by atoms with van der Waals surface area (Å²) in [6, 6.07) is 6.29. The van der Waals surface area contributed by atoms with E-state index in [-0.39, 0.29) is 6.04 Å². The van der Waals surface area contributed by atoms with Crippen LogP contribution in [0.4, 0.5) is 5.69 Å².